The molecule has 12 heteroatoms. The van der Waals surface area contributed by atoms with Crippen molar-refractivity contribution in [1.29, 1.82) is 0 Å². The van der Waals surface area contributed by atoms with Gasteiger partial charge in [0.15, 0.2) is 12.2 Å². The Bertz CT molecular complexity index is 1430. The molecule has 1 heterocycles. The molecule has 0 saturated carbocycles. The third-order valence-corrected chi connectivity index (χ3v) is 7.03. The molecule has 1 aliphatic heterocycles. The van der Waals surface area contributed by atoms with E-state index in [0.29, 0.717) is 0 Å². The minimum Gasteiger partial charge on any atom is -0.482 e. The standard InChI is InChI=1S/C26H20Cl2F3NO6/c1-13(17-6-4-15(10-19(17)27)38-16-5-7-18(24(34)35)20(28)11-16)25(36,26(29,30)31)14-3-8-22-21(9-14)32(2)23(33)12-37-22/h3-11,13,36H,12H2,1-2H3,(H,34,35)/t13-,25-/m1/s1. The maximum absolute atomic E-state index is 14.5. The van der Waals surface area contributed by atoms with Crippen molar-refractivity contribution in [1.82, 2.24) is 0 Å². The number of hydrogen-bond acceptors (Lipinski definition) is 5. The van der Waals surface area contributed by atoms with Crippen LogP contribution in [-0.2, 0) is 10.4 Å². The Morgan fingerprint density at radius 2 is 1.68 bits per heavy atom. The molecule has 0 bridgehead atoms. The number of nitrogens with zero attached hydrogens (tertiary/aromatic N) is 1. The van der Waals surface area contributed by atoms with E-state index in [9.17, 15) is 27.9 Å². The van der Waals surface area contributed by atoms with E-state index in [0.717, 1.165) is 17.0 Å². The lowest BCUT2D eigenvalue weighted by Crippen LogP contribution is -2.47. The van der Waals surface area contributed by atoms with Gasteiger partial charge in [-0.3, -0.25) is 4.79 Å². The summed E-state index contributed by atoms with van der Waals surface area (Å²) in [5.41, 5.74) is -3.93. The van der Waals surface area contributed by atoms with E-state index in [1.54, 1.807) is 0 Å². The maximum atomic E-state index is 14.5. The molecule has 3 aromatic carbocycles. The Labute approximate surface area is 224 Å². The first-order valence-corrected chi connectivity index (χ1v) is 11.8. The van der Waals surface area contributed by atoms with Gasteiger partial charge in [-0.2, -0.15) is 13.2 Å². The molecule has 0 aromatic heterocycles. The van der Waals surface area contributed by atoms with Crippen molar-refractivity contribution >= 4 is 40.8 Å². The maximum Gasteiger partial charge on any atom is 0.422 e. The number of fused-ring (bicyclic) bond motifs is 1. The highest BCUT2D eigenvalue weighted by Crippen LogP contribution is 2.51. The number of benzene rings is 3. The number of anilines is 1. The van der Waals surface area contributed by atoms with Crippen molar-refractivity contribution in [3.8, 4) is 17.2 Å². The zero-order valence-corrected chi connectivity index (χ0v) is 21.4. The summed E-state index contributed by atoms with van der Waals surface area (Å²) >= 11 is 12.3. The van der Waals surface area contributed by atoms with Gasteiger partial charge >= 0.3 is 12.1 Å². The van der Waals surface area contributed by atoms with E-state index in [1.807, 2.05) is 0 Å². The van der Waals surface area contributed by atoms with Crippen molar-refractivity contribution in [3.63, 3.8) is 0 Å². The summed E-state index contributed by atoms with van der Waals surface area (Å²) in [6.45, 7) is 0.938. The van der Waals surface area contributed by atoms with Gasteiger partial charge < -0.3 is 24.6 Å². The lowest BCUT2D eigenvalue weighted by atomic mass is 9.77. The molecule has 0 spiro atoms. The van der Waals surface area contributed by atoms with E-state index in [4.69, 9.17) is 37.8 Å². The van der Waals surface area contributed by atoms with Gasteiger partial charge in [-0.25, -0.2) is 4.79 Å². The van der Waals surface area contributed by atoms with Gasteiger partial charge in [0.1, 0.15) is 17.2 Å². The molecular formula is C26H20Cl2F3NO6. The monoisotopic (exact) mass is 569 g/mol. The number of aliphatic hydroxyl groups is 1. The van der Waals surface area contributed by atoms with Crippen molar-refractivity contribution in [2.24, 2.45) is 0 Å². The van der Waals surface area contributed by atoms with E-state index in [-0.39, 0.29) is 50.7 Å². The third kappa shape index (κ3) is 4.87. The van der Waals surface area contributed by atoms with Crippen LogP contribution < -0.4 is 14.4 Å². The second kappa shape index (κ2) is 10.0. The highest BCUT2D eigenvalue weighted by molar-refractivity contribution is 6.33. The highest BCUT2D eigenvalue weighted by Gasteiger charge is 2.59. The van der Waals surface area contributed by atoms with Crippen molar-refractivity contribution in [2.75, 3.05) is 18.6 Å². The SMILES string of the molecule is C[C@H](c1ccc(Oc2ccc(C(=O)O)c(Cl)c2)cc1Cl)[C@@](O)(c1ccc2c(c1)N(C)C(=O)CO2)C(F)(F)F. The Hall–Kier alpha value is -3.47. The van der Waals surface area contributed by atoms with Gasteiger partial charge in [-0.1, -0.05) is 42.3 Å². The molecule has 3 aromatic rings. The summed E-state index contributed by atoms with van der Waals surface area (Å²) in [5.74, 6) is -2.72. The zero-order chi connectivity index (χ0) is 28.0. The van der Waals surface area contributed by atoms with Crippen molar-refractivity contribution < 1.29 is 42.4 Å². The zero-order valence-electron chi connectivity index (χ0n) is 19.8. The largest absolute Gasteiger partial charge is 0.482 e. The molecule has 2 atom stereocenters. The van der Waals surface area contributed by atoms with Crippen LogP contribution in [0.1, 0.15) is 34.3 Å². The molecule has 0 radical (unpaired) electrons. The molecule has 0 fully saturated rings. The fourth-order valence-corrected chi connectivity index (χ4v) is 4.77. The quantitative estimate of drug-likeness (QED) is 0.357. The molecule has 200 valence electrons. The lowest BCUT2D eigenvalue weighted by molar-refractivity contribution is -0.274. The van der Waals surface area contributed by atoms with Gasteiger partial charge in [0.25, 0.3) is 5.91 Å². The molecule has 1 amide bonds. The number of amides is 1. The Balaban J connectivity index is 1.69. The van der Waals surface area contributed by atoms with Crippen LogP contribution in [0.25, 0.3) is 0 Å². The van der Waals surface area contributed by atoms with Crippen LogP contribution >= 0.6 is 23.2 Å². The average Bonchev–Trinajstić information content (AvgIpc) is 2.84. The second-order valence-electron chi connectivity index (χ2n) is 8.64. The Kier molecular flexibility index (Phi) is 7.26. The summed E-state index contributed by atoms with van der Waals surface area (Å²) < 4.78 is 54.3. The number of aromatic carboxylic acids is 1. The lowest BCUT2D eigenvalue weighted by Gasteiger charge is -2.38. The Morgan fingerprint density at radius 1 is 1.05 bits per heavy atom. The van der Waals surface area contributed by atoms with E-state index < -0.39 is 35.1 Å². The predicted octanol–water partition coefficient (Wildman–Crippen LogP) is 6.39. The number of carbonyl (C=O) groups is 2. The van der Waals surface area contributed by atoms with Crippen molar-refractivity contribution in [2.45, 2.75) is 24.6 Å². The summed E-state index contributed by atoms with van der Waals surface area (Å²) in [6, 6.07) is 11.3. The minimum absolute atomic E-state index is 0.0171. The molecular weight excluding hydrogens is 550 g/mol. The number of carbonyl (C=O) groups excluding carboxylic acids is 1. The third-order valence-electron chi connectivity index (χ3n) is 6.39. The number of alkyl halides is 3. The topological polar surface area (TPSA) is 96.3 Å². The summed E-state index contributed by atoms with van der Waals surface area (Å²) in [7, 11) is 1.40. The van der Waals surface area contributed by atoms with Crippen LogP contribution in [0.5, 0.6) is 17.2 Å². The molecule has 7 nitrogen and oxygen atoms in total. The van der Waals surface area contributed by atoms with Crippen LogP contribution in [0.2, 0.25) is 10.0 Å². The van der Waals surface area contributed by atoms with E-state index >= 15 is 0 Å². The average molecular weight is 570 g/mol. The van der Waals surface area contributed by atoms with Gasteiger partial charge in [-0.15, -0.1) is 0 Å². The second-order valence-corrected chi connectivity index (χ2v) is 9.46. The number of rotatable bonds is 6. The number of carboxylic acid groups (broad SMARTS) is 1. The van der Waals surface area contributed by atoms with Crippen LogP contribution in [0.4, 0.5) is 18.9 Å². The molecule has 0 unspecified atom stereocenters. The Morgan fingerprint density at radius 3 is 2.26 bits per heavy atom. The summed E-state index contributed by atoms with van der Waals surface area (Å²) in [6.07, 6.45) is -5.13. The minimum atomic E-state index is -5.13. The fourth-order valence-electron chi connectivity index (χ4n) is 4.18. The molecule has 38 heavy (non-hydrogen) atoms. The van der Waals surface area contributed by atoms with Crippen LogP contribution in [0.3, 0.4) is 0 Å². The number of carboxylic acids is 1. The fraction of sp³-hybridized carbons (Fsp3) is 0.231. The van der Waals surface area contributed by atoms with Gasteiger partial charge in [0.2, 0.25) is 0 Å². The highest BCUT2D eigenvalue weighted by atomic mass is 35.5. The normalized spacial score (nSPS) is 15.8. The first-order chi connectivity index (χ1) is 17.7. The van der Waals surface area contributed by atoms with E-state index in [1.165, 1.54) is 56.4 Å². The van der Waals surface area contributed by atoms with Gasteiger partial charge in [0.05, 0.1) is 16.3 Å². The number of halogens is 5. The summed E-state index contributed by atoms with van der Waals surface area (Å²) in [5, 5.41) is 20.1. The summed E-state index contributed by atoms with van der Waals surface area (Å²) in [4.78, 5) is 24.3. The molecule has 0 saturated heterocycles. The van der Waals surface area contributed by atoms with Gasteiger partial charge in [0, 0.05) is 24.1 Å². The van der Waals surface area contributed by atoms with Crippen LogP contribution in [0, 0.1) is 0 Å². The predicted molar refractivity (Wildman–Crippen MR) is 134 cm³/mol. The van der Waals surface area contributed by atoms with Crippen LogP contribution in [-0.4, -0.2) is 41.9 Å². The smallest absolute Gasteiger partial charge is 0.422 e. The first-order valence-electron chi connectivity index (χ1n) is 11.1. The molecule has 1 aliphatic rings. The van der Waals surface area contributed by atoms with Crippen molar-refractivity contribution in [3.05, 3.63) is 81.3 Å². The number of likely N-dealkylation sites (N-methyl/N-ethyl adjacent to an activating group) is 1. The van der Waals surface area contributed by atoms with Crippen LogP contribution in [0.15, 0.2) is 54.6 Å². The van der Waals surface area contributed by atoms with E-state index in [2.05, 4.69) is 0 Å². The van der Waals surface area contributed by atoms with Gasteiger partial charge in [-0.05, 0) is 47.5 Å². The number of hydrogen-bond donors (Lipinski definition) is 2. The molecule has 2 N–H and O–H groups in total. The molecule has 4 rings (SSSR count). The number of ether oxygens (including phenoxy) is 2. The first kappa shape index (κ1) is 27.6. The molecule has 0 aliphatic carbocycles.